The Morgan fingerprint density at radius 1 is 1.21 bits per heavy atom. The molecule has 8 nitrogen and oxygen atoms in total. The molecule has 0 unspecified atom stereocenters. The van der Waals surface area contributed by atoms with Crippen molar-refractivity contribution < 1.29 is 33.7 Å². The maximum absolute atomic E-state index is 13.6. The number of benzene rings is 2. The van der Waals surface area contributed by atoms with Gasteiger partial charge in [0.2, 0.25) is 5.43 Å². The molecule has 1 aliphatic heterocycles. The van der Waals surface area contributed by atoms with E-state index < -0.39 is 34.8 Å². The number of allylic oxidation sites excluding steroid dienone is 1. The number of Topliss-reactive ketones (excluding diaryl/α,β-unsaturated/α-hetero) is 1. The van der Waals surface area contributed by atoms with Crippen molar-refractivity contribution in [2.75, 3.05) is 7.11 Å². The molecule has 0 fully saturated rings. The molecule has 1 aromatic heterocycles. The summed E-state index contributed by atoms with van der Waals surface area (Å²) < 4.78 is 16.8. The van der Waals surface area contributed by atoms with Crippen molar-refractivity contribution in [3.05, 3.63) is 57.3 Å². The van der Waals surface area contributed by atoms with E-state index in [4.69, 9.17) is 13.9 Å². The predicted molar refractivity (Wildman–Crippen MR) is 125 cm³/mol. The summed E-state index contributed by atoms with van der Waals surface area (Å²) in [4.78, 5) is 39.2. The molecule has 5 rings (SSSR count). The highest BCUT2D eigenvalue weighted by Crippen LogP contribution is 2.47. The van der Waals surface area contributed by atoms with Gasteiger partial charge in [-0.05, 0) is 44.6 Å². The summed E-state index contributed by atoms with van der Waals surface area (Å²) in [7, 11) is 1.11. The van der Waals surface area contributed by atoms with Crippen molar-refractivity contribution in [2.45, 2.75) is 38.4 Å². The first-order chi connectivity index (χ1) is 15.9. The number of aromatic hydroxyl groups is 1. The number of hydrogen-bond donors (Lipinski definition) is 2. The predicted octanol–water partition coefficient (Wildman–Crippen LogP) is 3.82. The van der Waals surface area contributed by atoms with Crippen LogP contribution in [-0.4, -0.2) is 34.7 Å². The zero-order valence-electron chi connectivity index (χ0n) is 19.1. The molecule has 2 aromatic carbocycles. The first kappa shape index (κ1) is 21.9. The first-order valence-corrected chi connectivity index (χ1v) is 10.6. The molecule has 1 atom stereocenters. The molecule has 0 saturated carbocycles. The quantitative estimate of drug-likeness (QED) is 0.435. The molecular formula is C26H22O8. The van der Waals surface area contributed by atoms with E-state index in [0.717, 1.165) is 7.11 Å². The standard InChI is InChI=1S/C26H22O8/c1-11(2)13-8-14-21(29)19-15(27)9-17-12(6-7-25(3,4)34-17)22(19)33-23(14)18-16(28)10-26(31,20(13)18)24(30)32-5/h6-9,27,31H,1,10H2,2-5H3/t26-/m0/s1. The van der Waals surface area contributed by atoms with Gasteiger partial charge in [-0.15, -0.1) is 0 Å². The number of rotatable bonds is 2. The van der Waals surface area contributed by atoms with Crippen LogP contribution < -0.4 is 10.2 Å². The number of hydrogen-bond acceptors (Lipinski definition) is 8. The van der Waals surface area contributed by atoms with Crippen LogP contribution in [0.4, 0.5) is 0 Å². The van der Waals surface area contributed by atoms with Crippen molar-refractivity contribution in [3.63, 3.8) is 0 Å². The third-order valence-corrected chi connectivity index (χ3v) is 6.33. The molecule has 2 N–H and O–H groups in total. The second-order valence-corrected chi connectivity index (χ2v) is 9.26. The zero-order valence-corrected chi connectivity index (χ0v) is 19.1. The van der Waals surface area contributed by atoms with Gasteiger partial charge < -0.3 is 24.1 Å². The highest BCUT2D eigenvalue weighted by atomic mass is 16.5. The lowest BCUT2D eigenvalue weighted by atomic mass is 9.87. The fourth-order valence-electron chi connectivity index (χ4n) is 4.77. The molecule has 8 heteroatoms. The van der Waals surface area contributed by atoms with Crippen LogP contribution in [0.25, 0.3) is 33.6 Å². The summed E-state index contributed by atoms with van der Waals surface area (Å²) in [6.07, 6.45) is 2.95. The van der Waals surface area contributed by atoms with Crippen LogP contribution in [0.15, 0.2) is 34.0 Å². The van der Waals surface area contributed by atoms with E-state index >= 15 is 0 Å². The Hall–Kier alpha value is -3.91. The van der Waals surface area contributed by atoms with Crippen LogP contribution in [0.1, 0.15) is 54.2 Å². The minimum absolute atomic E-state index is 0.00574. The third kappa shape index (κ3) is 2.78. The second kappa shape index (κ2) is 6.80. The van der Waals surface area contributed by atoms with Gasteiger partial charge >= 0.3 is 5.97 Å². The maximum Gasteiger partial charge on any atom is 0.343 e. The highest BCUT2D eigenvalue weighted by Gasteiger charge is 2.52. The molecule has 1 aliphatic carbocycles. The van der Waals surface area contributed by atoms with Gasteiger partial charge in [-0.1, -0.05) is 12.2 Å². The maximum atomic E-state index is 13.6. The molecule has 34 heavy (non-hydrogen) atoms. The zero-order chi connectivity index (χ0) is 24.7. The van der Waals surface area contributed by atoms with Gasteiger partial charge in [0.15, 0.2) is 17.0 Å². The SMILES string of the molecule is C=C(C)c1cc2c(=O)c3c(O)cc4c(c3oc2c2c1[C@](O)(C(=O)OC)CC2=O)C=CC(C)(C)O4. The van der Waals surface area contributed by atoms with Crippen molar-refractivity contribution in [3.8, 4) is 11.5 Å². The first-order valence-electron chi connectivity index (χ1n) is 10.6. The topological polar surface area (TPSA) is 123 Å². The number of esters is 1. The third-order valence-electron chi connectivity index (χ3n) is 6.33. The highest BCUT2D eigenvalue weighted by molar-refractivity contribution is 6.16. The van der Waals surface area contributed by atoms with E-state index in [1.807, 2.05) is 13.8 Å². The number of phenolic OH excluding ortho intramolecular Hbond substituents is 1. The molecular weight excluding hydrogens is 440 g/mol. The van der Waals surface area contributed by atoms with Crippen LogP contribution in [-0.2, 0) is 15.1 Å². The minimum Gasteiger partial charge on any atom is -0.507 e. The summed E-state index contributed by atoms with van der Waals surface area (Å²) in [5.74, 6) is -1.60. The summed E-state index contributed by atoms with van der Waals surface area (Å²) >= 11 is 0. The van der Waals surface area contributed by atoms with Crippen molar-refractivity contribution in [1.82, 2.24) is 0 Å². The van der Waals surface area contributed by atoms with E-state index in [2.05, 4.69) is 6.58 Å². The fourth-order valence-corrected chi connectivity index (χ4v) is 4.77. The average Bonchev–Trinajstić information content (AvgIpc) is 3.03. The number of methoxy groups -OCH3 is 1. The van der Waals surface area contributed by atoms with E-state index in [1.54, 1.807) is 19.1 Å². The Balaban J connectivity index is 1.98. The van der Waals surface area contributed by atoms with Crippen LogP contribution in [0.2, 0.25) is 0 Å². The smallest absolute Gasteiger partial charge is 0.343 e. The Kier molecular flexibility index (Phi) is 4.38. The largest absolute Gasteiger partial charge is 0.507 e. The van der Waals surface area contributed by atoms with E-state index in [-0.39, 0.29) is 44.4 Å². The lowest BCUT2D eigenvalue weighted by Crippen LogP contribution is -2.35. The van der Waals surface area contributed by atoms with E-state index in [1.165, 1.54) is 12.1 Å². The van der Waals surface area contributed by atoms with Gasteiger partial charge in [0.05, 0.1) is 30.0 Å². The van der Waals surface area contributed by atoms with Gasteiger partial charge in [-0.3, -0.25) is 9.59 Å². The number of ether oxygens (including phenoxy) is 2. The summed E-state index contributed by atoms with van der Waals surface area (Å²) in [6.45, 7) is 9.18. The van der Waals surface area contributed by atoms with Gasteiger partial charge in [0.1, 0.15) is 28.1 Å². The number of fused-ring (bicyclic) bond motifs is 6. The Labute approximate surface area is 193 Å². The van der Waals surface area contributed by atoms with Gasteiger partial charge in [0.25, 0.3) is 0 Å². The molecule has 0 bridgehead atoms. The lowest BCUT2D eigenvalue weighted by Gasteiger charge is -2.28. The normalized spacial score (nSPS) is 20.2. The van der Waals surface area contributed by atoms with E-state index in [9.17, 15) is 24.6 Å². The molecule has 2 aliphatic rings. The van der Waals surface area contributed by atoms with Crippen LogP contribution in [0.5, 0.6) is 11.5 Å². The second-order valence-electron chi connectivity index (χ2n) is 9.26. The van der Waals surface area contributed by atoms with Crippen LogP contribution >= 0.6 is 0 Å². The van der Waals surface area contributed by atoms with Crippen LogP contribution in [0.3, 0.4) is 0 Å². The minimum atomic E-state index is -2.25. The Morgan fingerprint density at radius 3 is 2.56 bits per heavy atom. The fraction of sp³-hybridized carbons (Fsp3) is 0.269. The molecule has 0 amide bonds. The Bertz CT molecular complexity index is 1570. The van der Waals surface area contributed by atoms with Crippen molar-refractivity contribution in [2.24, 2.45) is 0 Å². The van der Waals surface area contributed by atoms with Crippen LogP contribution in [0, 0.1) is 0 Å². The summed E-state index contributed by atoms with van der Waals surface area (Å²) in [5.41, 5.74) is -2.50. The summed E-state index contributed by atoms with van der Waals surface area (Å²) in [5, 5.41) is 21.9. The number of phenols is 1. The molecule has 2 heterocycles. The number of aliphatic hydroxyl groups is 1. The van der Waals surface area contributed by atoms with Crippen molar-refractivity contribution in [1.29, 1.82) is 0 Å². The molecule has 0 saturated heterocycles. The monoisotopic (exact) mass is 462 g/mol. The number of carbonyl (C=O) groups is 2. The van der Waals surface area contributed by atoms with Gasteiger partial charge in [-0.25, -0.2) is 4.79 Å². The summed E-state index contributed by atoms with van der Waals surface area (Å²) in [6, 6.07) is 2.78. The van der Waals surface area contributed by atoms with Gasteiger partial charge in [0, 0.05) is 11.6 Å². The number of ketones is 1. The molecule has 3 aromatic rings. The van der Waals surface area contributed by atoms with E-state index in [0.29, 0.717) is 16.9 Å². The lowest BCUT2D eigenvalue weighted by molar-refractivity contribution is -0.162. The molecule has 0 radical (unpaired) electrons. The number of carbonyl (C=O) groups excluding carboxylic acids is 2. The molecule has 174 valence electrons. The average molecular weight is 462 g/mol. The van der Waals surface area contributed by atoms with Gasteiger partial charge in [-0.2, -0.15) is 0 Å². The molecule has 0 spiro atoms. The van der Waals surface area contributed by atoms with Crippen molar-refractivity contribution >= 4 is 45.3 Å². The Morgan fingerprint density at radius 2 is 1.91 bits per heavy atom.